The number of hydrogen-bond acceptors (Lipinski definition) is 3. The summed E-state index contributed by atoms with van der Waals surface area (Å²) >= 11 is 1.67. The highest BCUT2D eigenvalue weighted by molar-refractivity contribution is 7.99. The van der Waals surface area contributed by atoms with Crippen molar-refractivity contribution in [2.45, 2.75) is 31.2 Å². The van der Waals surface area contributed by atoms with Crippen molar-refractivity contribution in [1.82, 2.24) is 10.9 Å². The number of rotatable bonds is 4. The number of benzene rings is 1. The molecule has 1 heterocycles. The van der Waals surface area contributed by atoms with Crippen molar-refractivity contribution in [3.63, 3.8) is 0 Å². The minimum Gasteiger partial charge on any atom is -0.291 e. The lowest BCUT2D eigenvalue weighted by Gasteiger charge is -2.28. The number of carbonyl (C=O) groups is 1. The summed E-state index contributed by atoms with van der Waals surface area (Å²) in [5.74, 6) is 3.65. The molecule has 1 aromatic carbocycles. The second-order valence-electron chi connectivity index (χ2n) is 5.24. The summed E-state index contributed by atoms with van der Waals surface area (Å²) in [6.45, 7) is 4.18. The number of thioether (sulfide) groups is 1. The molecule has 110 valence electrons. The highest BCUT2D eigenvalue weighted by Gasteiger charge is 2.23. The Balaban J connectivity index is 2.19. The Labute approximate surface area is 130 Å². The summed E-state index contributed by atoms with van der Waals surface area (Å²) in [5, 5.41) is 0. The maximum Gasteiger partial charge on any atom is 0.234 e. The van der Waals surface area contributed by atoms with Crippen LogP contribution in [-0.4, -0.2) is 17.7 Å². The summed E-state index contributed by atoms with van der Waals surface area (Å²) in [5.41, 5.74) is 8.16. The van der Waals surface area contributed by atoms with E-state index in [-0.39, 0.29) is 17.9 Å². The average molecular weight is 300 g/mol. The van der Waals surface area contributed by atoms with Gasteiger partial charge in [0.1, 0.15) is 0 Å². The van der Waals surface area contributed by atoms with Crippen LogP contribution in [0.2, 0.25) is 0 Å². The first-order valence-corrected chi connectivity index (χ1v) is 7.99. The zero-order chi connectivity index (χ0) is 15.2. The Morgan fingerprint density at radius 3 is 3.00 bits per heavy atom. The number of allylic oxidation sites excluding steroid dienone is 1. The first-order valence-electron chi connectivity index (χ1n) is 7.00. The third-order valence-corrected chi connectivity index (χ3v) is 4.53. The highest BCUT2D eigenvalue weighted by atomic mass is 32.2. The fourth-order valence-electron chi connectivity index (χ4n) is 2.38. The van der Waals surface area contributed by atoms with Gasteiger partial charge in [-0.25, -0.2) is 5.43 Å². The second-order valence-corrected chi connectivity index (χ2v) is 6.26. The van der Waals surface area contributed by atoms with E-state index < -0.39 is 0 Å². The predicted molar refractivity (Wildman–Crippen MR) is 88.5 cm³/mol. The number of nitrogens with one attached hydrogen (secondary N) is 2. The molecule has 0 aliphatic carbocycles. The summed E-state index contributed by atoms with van der Waals surface area (Å²) < 4.78 is 0. The van der Waals surface area contributed by atoms with Gasteiger partial charge in [-0.1, -0.05) is 37.1 Å². The number of hydrogen-bond donors (Lipinski definition) is 2. The van der Waals surface area contributed by atoms with Crippen LogP contribution in [-0.2, 0) is 4.79 Å². The number of hydrazine groups is 1. The van der Waals surface area contributed by atoms with Gasteiger partial charge in [0.2, 0.25) is 5.91 Å². The zero-order valence-electron chi connectivity index (χ0n) is 12.3. The highest BCUT2D eigenvalue weighted by Crippen LogP contribution is 2.29. The van der Waals surface area contributed by atoms with Gasteiger partial charge in [0, 0.05) is 17.4 Å². The number of amides is 1. The van der Waals surface area contributed by atoms with Crippen molar-refractivity contribution < 1.29 is 4.79 Å². The molecule has 1 aliphatic rings. The summed E-state index contributed by atoms with van der Waals surface area (Å²) in [6, 6.07) is 8.40. The smallest absolute Gasteiger partial charge is 0.234 e. The lowest BCUT2D eigenvalue weighted by atomic mass is 9.93. The molecule has 0 bridgehead atoms. The first kappa shape index (κ1) is 15.7. The van der Waals surface area contributed by atoms with E-state index in [9.17, 15) is 4.79 Å². The molecule has 0 saturated carbocycles. The van der Waals surface area contributed by atoms with E-state index in [2.05, 4.69) is 48.8 Å². The van der Waals surface area contributed by atoms with E-state index >= 15 is 0 Å². The molecular formula is C17H20N2OS. The van der Waals surface area contributed by atoms with Gasteiger partial charge in [0.25, 0.3) is 0 Å². The Morgan fingerprint density at radius 2 is 2.29 bits per heavy atom. The number of terminal acetylenes is 1. The molecule has 1 amide bonds. The van der Waals surface area contributed by atoms with Gasteiger partial charge in [-0.15, -0.1) is 18.2 Å². The molecule has 2 atom stereocenters. The molecule has 0 spiro atoms. The van der Waals surface area contributed by atoms with Crippen molar-refractivity contribution in [2.24, 2.45) is 5.92 Å². The van der Waals surface area contributed by atoms with Crippen molar-refractivity contribution >= 4 is 23.2 Å². The Morgan fingerprint density at radius 1 is 1.52 bits per heavy atom. The van der Waals surface area contributed by atoms with E-state index in [1.165, 1.54) is 16.0 Å². The fourth-order valence-corrected chi connectivity index (χ4v) is 3.18. The molecule has 3 nitrogen and oxygen atoms in total. The standard InChI is InChI=1S/C17H20N2OS/c1-4-9-21-16-8-6-5-7-14(16)12(2)10-15-13(3)11-17(20)19-18-15/h1,5-8,10,13,15,18H,9,11H2,2-3H3,(H,19,20)/b12-10+. The molecule has 0 radical (unpaired) electrons. The van der Waals surface area contributed by atoms with E-state index in [1.807, 2.05) is 12.1 Å². The fraction of sp³-hybridized carbons (Fsp3) is 0.353. The van der Waals surface area contributed by atoms with Gasteiger partial charge >= 0.3 is 0 Å². The second kappa shape index (κ2) is 7.35. The largest absolute Gasteiger partial charge is 0.291 e. The van der Waals surface area contributed by atoms with Crippen LogP contribution in [0.15, 0.2) is 35.2 Å². The molecule has 2 N–H and O–H groups in total. The van der Waals surface area contributed by atoms with Gasteiger partial charge in [-0.3, -0.25) is 10.2 Å². The van der Waals surface area contributed by atoms with Crippen LogP contribution < -0.4 is 10.9 Å². The number of carbonyl (C=O) groups excluding carboxylic acids is 1. The summed E-state index contributed by atoms with van der Waals surface area (Å²) in [6.07, 6.45) is 8.08. The van der Waals surface area contributed by atoms with Crippen LogP contribution in [0.25, 0.3) is 5.57 Å². The van der Waals surface area contributed by atoms with Crippen molar-refractivity contribution in [3.8, 4) is 12.3 Å². The van der Waals surface area contributed by atoms with Crippen molar-refractivity contribution in [3.05, 3.63) is 35.9 Å². The SMILES string of the molecule is C#CCSc1ccccc1/C(C)=C/C1NNC(=O)CC1C. The minimum atomic E-state index is 0.0507. The van der Waals surface area contributed by atoms with Crippen molar-refractivity contribution in [1.29, 1.82) is 0 Å². The van der Waals surface area contributed by atoms with Gasteiger partial charge in [-0.2, -0.15) is 0 Å². The lowest BCUT2D eigenvalue weighted by molar-refractivity contribution is -0.125. The van der Waals surface area contributed by atoms with Gasteiger partial charge in [-0.05, 0) is 30.0 Å². The molecule has 21 heavy (non-hydrogen) atoms. The quantitative estimate of drug-likeness (QED) is 0.663. The molecule has 4 heteroatoms. The molecular weight excluding hydrogens is 280 g/mol. The van der Waals surface area contributed by atoms with Gasteiger partial charge in [0.05, 0.1) is 5.75 Å². The summed E-state index contributed by atoms with van der Waals surface area (Å²) in [7, 11) is 0. The monoisotopic (exact) mass is 300 g/mol. The Bertz CT molecular complexity index is 589. The lowest BCUT2D eigenvalue weighted by Crippen LogP contribution is -2.52. The van der Waals surface area contributed by atoms with Crippen LogP contribution in [0.1, 0.15) is 25.8 Å². The third kappa shape index (κ3) is 4.13. The molecule has 2 rings (SSSR count). The van der Waals surface area contributed by atoms with Crippen LogP contribution in [0.4, 0.5) is 0 Å². The van der Waals surface area contributed by atoms with E-state index in [0.29, 0.717) is 12.2 Å². The average Bonchev–Trinajstić information content (AvgIpc) is 2.48. The maximum atomic E-state index is 11.3. The molecule has 1 saturated heterocycles. The van der Waals surface area contributed by atoms with E-state index in [0.717, 1.165) is 0 Å². The topological polar surface area (TPSA) is 41.1 Å². The van der Waals surface area contributed by atoms with Crippen LogP contribution in [0, 0.1) is 18.3 Å². The van der Waals surface area contributed by atoms with Crippen LogP contribution in [0.3, 0.4) is 0 Å². The van der Waals surface area contributed by atoms with Crippen LogP contribution >= 0.6 is 11.8 Å². The normalized spacial score (nSPS) is 22.5. The van der Waals surface area contributed by atoms with Crippen molar-refractivity contribution in [2.75, 3.05) is 5.75 Å². The zero-order valence-corrected chi connectivity index (χ0v) is 13.2. The molecule has 2 unspecified atom stereocenters. The summed E-state index contributed by atoms with van der Waals surface area (Å²) in [4.78, 5) is 12.5. The molecule has 1 aromatic rings. The van der Waals surface area contributed by atoms with E-state index in [4.69, 9.17) is 6.42 Å². The Kier molecular flexibility index (Phi) is 5.49. The predicted octanol–water partition coefficient (Wildman–Crippen LogP) is 2.84. The third-order valence-electron chi connectivity index (χ3n) is 3.55. The maximum absolute atomic E-state index is 11.3. The Hall–Kier alpha value is -1.70. The first-order chi connectivity index (χ1) is 10.1. The van der Waals surface area contributed by atoms with E-state index in [1.54, 1.807) is 11.8 Å². The molecule has 1 fully saturated rings. The minimum absolute atomic E-state index is 0.0507. The molecule has 1 aliphatic heterocycles. The molecule has 0 aromatic heterocycles. The van der Waals surface area contributed by atoms with Crippen LogP contribution in [0.5, 0.6) is 0 Å². The van der Waals surface area contributed by atoms with Gasteiger partial charge in [0.15, 0.2) is 0 Å². The van der Waals surface area contributed by atoms with Gasteiger partial charge < -0.3 is 0 Å².